The van der Waals surface area contributed by atoms with E-state index in [9.17, 15) is 14.4 Å². The monoisotopic (exact) mass is 431 g/mol. The number of halogens is 2. The van der Waals surface area contributed by atoms with Crippen molar-refractivity contribution >= 4 is 55.2 Å². The van der Waals surface area contributed by atoms with Crippen molar-refractivity contribution in [3.8, 4) is 0 Å². The van der Waals surface area contributed by atoms with Crippen LogP contribution in [0.25, 0.3) is 0 Å². The molecular weight excluding hydrogens is 418 g/mol. The molecule has 1 amide bonds. The van der Waals surface area contributed by atoms with Gasteiger partial charge >= 0.3 is 5.97 Å². The molecule has 22 heavy (non-hydrogen) atoms. The number of hydrogen-bond donors (Lipinski definition) is 0. The van der Waals surface area contributed by atoms with E-state index in [1.165, 1.54) is 0 Å². The van der Waals surface area contributed by atoms with Crippen molar-refractivity contribution in [3.05, 3.63) is 26.6 Å². The first kappa shape index (κ1) is 17.1. The van der Waals surface area contributed by atoms with Crippen molar-refractivity contribution in [2.24, 2.45) is 5.92 Å². The van der Waals surface area contributed by atoms with E-state index in [2.05, 4.69) is 31.9 Å². The molecule has 1 aromatic carbocycles. The summed E-state index contributed by atoms with van der Waals surface area (Å²) in [5.74, 6) is -1.43. The van der Waals surface area contributed by atoms with Crippen LogP contribution in [0.4, 0.5) is 5.69 Å². The maximum Gasteiger partial charge on any atom is 0.326 e. The van der Waals surface area contributed by atoms with E-state index < -0.39 is 17.7 Å². The Kier molecular flexibility index (Phi) is 5.39. The first-order valence-corrected chi connectivity index (χ1v) is 8.40. The standard InChI is InChI=1S/C15H15Br2NO4/c1-8(2)3-4-22-12(19)7-18-13-10(14(20)15(18)21)5-9(16)6-11(13)17/h5-6,8H,3-4,7H2,1-2H3. The molecule has 0 unspecified atom stereocenters. The third-order valence-corrected chi connectivity index (χ3v) is 4.29. The second kappa shape index (κ2) is 6.91. The average Bonchev–Trinajstić information content (AvgIpc) is 2.64. The number of Topliss-reactive ketones (excluding diaryl/α,β-unsaturated/α-hetero) is 1. The summed E-state index contributed by atoms with van der Waals surface area (Å²) in [7, 11) is 0. The smallest absolute Gasteiger partial charge is 0.326 e. The van der Waals surface area contributed by atoms with Gasteiger partial charge in [0.1, 0.15) is 6.54 Å². The zero-order valence-electron chi connectivity index (χ0n) is 12.2. The molecule has 2 rings (SSSR count). The van der Waals surface area contributed by atoms with Crippen LogP contribution in [0, 0.1) is 5.92 Å². The van der Waals surface area contributed by atoms with E-state index in [0.29, 0.717) is 27.2 Å². The number of rotatable bonds is 5. The number of nitrogens with zero attached hydrogens (tertiary/aromatic N) is 1. The van der Waals surface area contributed by atoms with Crippen LogP contribution in [0.1, 0.15) is 30.6 Å². The van der Waals surface area contributed by atoms with Crippen molar-refractivity contribution in [2.75, 3.05) is 18.1 Å². The Morgan fingerprint density at radius 1 is 1.27 bits per heavy atom. The molecule has 1 heterocycles. The summed E-state index contributed by atoms with van der Waals surface area (Å²) in [4.78, 5) is 37.1. The summed E-state index contributed by atoms with van der Waals surface area (Å²) in [6, 6.07) is 3.30. The van der Waals surface area contributed by atoms with Gasteiger partial charge in [0.2, 0.25) is 0 Å². The van der Waals surface area contributed by atoms with Gasteiger partial charge < -0.3 is 4.74 Å². The van der Waals surface area contributed by atoms with E-state index in [1.54, 1.807) is 12.1 Å². The molecule has 5 nitrogen and oxygen atoms in total. The lowest BCUT2D eigenvalue weighted by Crippen LogP contribution is -2.35. The molecule has 0 radical (unpaired) electrons. The van der Waals surface area contributed by atoms with Crippen molar-refractivity contribution < 1.29 is 19.1 Å². The quantitative estimate of drug-likeness (QED) is 0.528. The fraction of sp³-hybridized carbons (Fsp3) is 0.400. The van der Waals surface area contributed by atoms with E-state index >= 15 is 0 Å². The summed E-state index contributed by atoms with van der Waals surface area (Å²) in [5.41, 5.74) is 0.695. The highest BCUT2D eigenvalue weighted by Crippen LogP contribution is 2.38. The lowest BCUT2D eigenvalue weighted by Gasteiger charge is -2.17. The molecule has 1 aromatic rings. The van der Waals surface area contributed by atoms with Gasteiger partial charge in [-0.2, -0.15) is 0 Å². The molecule has 0 atom stereocenters. The van der Waals surface area contributed by atoms with E-state index in [4.69, 9.17) is 4.74 Å². The van der Waals surface area contributed by atoms with Crippen LogP contribution < -0.4 is 4.90 Å². The number of anilines is 1. The van der Waals surface area contributed by atoms with Gasteiger partial charge in [-0.25, -0.2) is 0 Å². The molecule has 0 spiro atoms. The van der Waals surface area contributed by atoms with Crippen molar-refractivity contribution in [3.63, 3.8) is 0 Å². The lowest BCUT2D eigenvalue weighted by molar-refractivity contribution is -0.142. The summed E-state index contributed by atoms with van der Waals surface area (Å²) >= 11 is 6.60. The van der Waals surface area contributed by atoms with Gasteiger partial charge in [0.15, 0.2) is 0 Å². The van der Waals surface area contributed by atoms with Crippen LogP contribution in [0.15, 0.2) is 21.1 Å². The number of carbonyl (C=O) groups excluding carboxylic acids is 3. The third-order valence-electron chi connectivity index (χ3n) is 3.23. The van der Waals surface area contributed by atoms with E-state index in [1.807, 2.05) is 13.8 Å². The largest absolute Gasteiger partial charge is 0.464 e. The summed E-state index contributed by atoms with van der Waals surface area (Å²) in [5, 5.41) is 0. The molecule has 0 saturated carbocycles. The second-order valence-electron chi connectivity index (χ2n) is 5.41. The average molecular weight is 433 g/mol. The summed E-state index contributed by atoms with van der Waals surface area (Å²) in [6.45, 7) is 4.10. The zero-order valence-corrected chi connectivity index (χ0v) is 15.4. The first-order valence-electron chi connectivity index (χ1n) is 6.82. The predicted molar refractivity (Wildman–Crippen MR) is 88.9 cm³/mol. The minimum Gasteiger partial charge on any atom is -0.464 e. The van der Waals surface area contributed by atoms with Crippen LogP contribution in [0.3, 0.4) is 0 Å². The third kappa shape index (κ3) is 3.57. The van der Waals surface area contributed by atoms with Crippen molar-refractivity contribution in [1.29, 1.82) is 0 Å². The highest BCUT2D eigenvalue weighted by atomic mass is 79.9. The Morgan fingerprint density at radius 2 is 1.95 bits per heavy atom. The number of hydrogen-bond acceptors (Lipinski definition) is 4. The molecule has 0 aromatic heterocycles. The molecule has 0 bridgehead atoms. The van der Waals surface area contributed by atoms with Crippen LogP contribution in [0.2, 0.25) is 0 Å². The number of esters is 1. The van der Waals surface area contributed by atoms with E-state index in [0.717, 1.165) is 11.3 Å². The Bertz CT molecular complexity index is 643. The Balaban J connectivity index is 2.15. The first-order chi connectivity index (χ1) is 10.3. The molecule has 0 N–H and O–H groups in total. The second-order valence-corrected chi connectivity index (χ2v) is 7.18. The molecular formula is C15H15Br2NO4. The summed E-state index contributed by atoms with van der Waals surface area (Å²) in [6.07, 6.45) is 0.756. The SMILES string of the molecule is CC(C)CCOC(=O)CN1C(=O)C(=O)c2cc(Br)cc(Br)c21. The normalized spacial score (nSPS) is 13.8. The molecule has 0 fully saturated rings. The van der Waals surface area contributed by atoms with Crippen molar-refractivity contribution in [1.82, 2.24) is 0 Å². The van der Waals surface area contributed by atoms with Crippen LogP contribution in [-0.2, 0) is 14.3 Å². The number of benzene rings is 1. The lowest BCUT2D eigenvalue weighted by atomic mass is 10.1. The highest BCUT2D eigenvalue weighted by Gasteiger charge is 2.38. The van der Waals surface area contributed by atoms with Crippen LogP contribution in [-0.4, -0.2) is 30.8 Å². The molecule has 0 saturated heterocycles. The van der Waals surface area contributed by atoms with Crippen LogP contribution in [0.5, 0.6) is 0 Å². The van der Waals surface area contributed by atoms with Gasteiger partial charge in [-0.3, -0.25) is 19.3 Å². The van der Waals surface area contributed by atoms with Gasteiger partial charge in [-0.15, -0.1) is 0 Å². The molecule has 1 aliphatic heterocycles. The topological polar surface area (TPSA) is 63.7 Å². The van der Waals surface area contributed by atoms with Crippen LogP contribution >= 0.6 is 31.9 Å². The van der Waals surface area contributed by atoms with Gasteiger partial charge in [0.25, 0.3) is 11.7 Å². The van der Waals surface area contributed by atoms with Gasteiger partial charge in [-0.1, -0.05) is 29.8 Å². The number of carbonyl (C=O) groups is 3. The van der Waals surface area contributed by atoms with Gasteiger partial charge in [0, 0.05) is 8.95 Å². The maximum absolute atomic E-state index is 12.1. The summed E-state index contributed by atoms with van der Waals surface area (Å²) < 4.78 is 6.36. The minimum absolute atomic E-state index is 0.268. The Labute approximate surface area is 145 Å². The predicted octanol–water partition coefficient (Wildman–Crippen LogP) is 3.33. The van der Waals surface area contributed by atoms with Gasteiger partial charge in [0.05, 0.1) is 17.9 Å². The number of amides is 1. The molecule has 7 heteroatoms. The van der Waals surface area contributed by atoms with E-state index in [-0.39, 0.29) is 12.1 Å². The minimum atomic E-state index is -0.713. The van der Waals surface area contributed by atoms with Gasteiger partial charge in [-0.05, 0) is 40.4 Å². The zero-order chi connectivity index (χ0) is 16.4. The number of ether oxygens (including phenoxy) is 1. The molecule has 118 valence electrons. The number of ketones is 1. The highest BCUT2D eigenvalue weighted by molar-refractivity contribution is 9.11. The van der Waals surface area contributed by atoms with Crippen molar-refractivity contribution in [2.45, 2.75) is 20.3 Å². The number of fused-ring (bicyclic) bond motifs is 1. The maximum atomic E-state index is 12.1. The Hall–Kier alpha value is -1.21. The fourth-order valence-corrected chi connectivity index (χ4v) is 3.53. The fourth-order valence-electron chi connectivity index (χ4n) is 2.09. The molecule has 0 aliphatic carbocycles. The molecule has 1 aliphatic rings. The Morgan fingerprint density at radius 3 is 2.59 bits per heavy atom.